The number of pyridine rings is 1. The number of carbonyl (C=O) groups excluding carboxylic acids is 8. The van der Waals surface area contributed by atoms with Crippen LogP contribution in [-0.2, 0) is 40.1 Å². The quantitative estimate of drug-likeness (QED) is 0.0387. The van der Waals surface area contributed by atoms with Gasteiger partial charge in [0.25, 0.3) is 17.7 Å². The predicted molar refractivity (Wildman–Crippen MR) is 287 cm³/mol. The maximum Gasteiger partial charge on any atom is 0.410 e. The van der Waals surface area contributed by atoms with Gasteiger partial charge >= 0.3 is 12.1 Å². The average Bonchev–Trinajstić information content (AvgIpc) is 3.76. The second-order valence-electron chi connectivity index (χ2n) is 19.3. The Bertz CT molecular complexity index is 2790. The Hall–Kier alpha value is -8.67. The average molecular weight is 1070 g/mol. The summed E-state index contributed by atoms with van der Waals surface area (Å²) in [7, 11) is 0. The number of benzene rings is 2. The van der Waals surface area contributed by atoms with E-state index < -0.39 is 41.9 Å². The topological polar surface area (TPSA) is 325 Å². The Labute approximate surface area is 451 Å². The normalized spacial score (nSPS) is 16.0. The molecule has 9 amide bonds. The maximum absolute atomic E-state index is 13.7. The molecule has 24 nitrogen and oxygen atoms in total. The highest BCUT2D eigenvalue weighted by molar-refractivity contribution is 6.13. The van der Waals surface area contributed by atoms with Crippen LogP contribution in [0.4, 0.5) is 32.5 Å². The summed E-state index contributed by atoms with van der Waals surface area (Å²) in [5.41, 5.74) is 14.8. The minimum atomic E-state index is -1.05. The number of rotatable bonds is 24. The van der Waals surface area contributed by atoms with E-state index >= 15 is 0 Å². The number of carbonyl (C=O) groups is 8. The molecule has 3 atom stereocenters. The molecule has 3 aliphatic heterocycles. The molecule has 7 rings (SSSR count). The van der Waals surface area contributed by atoms with Crippen molar-refractivity contribution in [1.29, 1.82) is 0 Å². The molecule has 4 aromatic rings. The van der Waals surface area contributed by atoms with Gasteiger partial charge in [0, 0.05) is 68.7 Å². The molecule has 2 aromatic heterocycles. The number of morpholine rings is 1. The number of nitrogens with one attached hydrogen (secondary N) is 5. The maximum atomic E-state index is 13.7. The van der Waals surface area contributed by atoms with E-state index in [9.17, 15) is 38.4 Å². The van der Waals surface area contributed by atoms with E-state index in [4.69, 9.17) is 25.7 Å². The zero-order valence-corrected chi connectivity index (χ0v) is 43.7. The van der Waals surface area contributed by atoms with E-state index in [1.807, 2.05) is 6.07 Å². The van der Waals surface area contributed by atoms with Crippen LogP contribution in [0.5, 0.6) is 5.75 Å². The van der Waals surface area contributed by atoms with Gasteiger partial charge in [-0.25, -0.2) is 19.6 Å². The third-order valence-electron chi connectivity index (χ3n) is 13.1. The third kappa shape index (κ3) is 16.4. The summed E-state index contributed by atoms with van der Waals surface area (Å²) in [5, 5.41) is 13.7. The predicted octanol–water partition coefficient (Wildman–Crippen LogP) is 3.89. The van der Waals surface area contributed by atoms with Crippen LogP contribution in [0.25, 0.3) is 11.3 Å². The SMILES string of the molecule is CC(C)[C@H](NC(=O)CCCCCN1C(=O)C=CC1=O)C(=O)N[C@@H](CCCNC(N)=O)C(=O)Nc1ccc(COC(=O)N2CCC[C@@H](Oc3ccc(-c4cnc(N)c(C(=O)Nc5cnccc5N5CCOCC5)n4)cc3)C2)cc1. The molecule has 0 radical (unpaired) electrons. The fourth-order valence-electron chi connectivity index (χ4n) is 8.91. The number of imide groups is 1. The van der Waals surface area contributed by atoms with Gasteiger partial charge in [0.1, 0.15) is 30.5 Å². The molecular formula is C54H67N13O11. The smallest absolute Gasteiger partial charge is 0.410 e. The molecule has 0 bridgehead atoms. The lowest BCUT2D eigenvalue weighted by atomic mass is 10.0. The van der Waals surface area contributed by atoms with E-state index in [0.717, 1.165) is 10.6 Å². The van der Waals surface area contributed by atoms with Crippen LogP contribution in [-0.4, -0.2) is 143 Å². The van der Waals surface area contributed by atoms with E-state index in [-0.39, 0.29) is 73.8 Å². The standard InChI is InChI=1S/C54H67N13O11/c1-34(2)47(64-44(68)10-4-3-5-25-67-45(69)19-20-46(67)70)51(72)62-40(9-6-22-58-53(56)74)50(71)60-37-15-11-35(12-16-37)33-77-54(75)66-24-7-8-39(32-66)78-38-17-13-36(14-18-38)41-31-59-49(55)48(61-41)52(73)63-42-30-57-23-21-43(42)65-26-28-76-29-27-65/h11-21,23,30-31,34,39-40,47H,3-10,22,24-29,32-33H2,1-2H3,(H2,55,59)(H,60,71)(H,62,72)(H,63,73)(H,64,68)(H3,56,58,74)/t39-,40+,47+/m1/s1. The number of primary amides is 1. The number of hydrogen-bond donors (Lipinski definition) is 7. The highest BCUT2D eigenvalue weighted by Gasteiger charge is 2.30. The number of nitrogen functional groups attached to an aromatic ring is 1. The molecule has 9 N–H and O–H groups in total. The Kier molecular flexibility index (Phi) is 20.4. The van der Waals surface area contributed by atoms with E-state index in [1.165, 1.54) is 18.3 Å². The van der Waals surface area contributed by atoms with Gasteiger partial charge in [0.15, 0.2) is 11.5 Å². The Morgan fingerprint density at radius 3 is 2.31 bits per heavy atom. The van der Waals surface area contributed by atoms with Crippen molar-refractivity contribution >= 4 is 70.4 Å². The van der Waals surface area contributed by atoms with Crippen molar-refractivity contribution in [2.75, 3.05) is 73.7 Å². The number of hydrogen-bond acceptors (Lipinski definition) is 16. The van der Waals surface area contributed by atoms with Crippen molar-refractivity contribution in [3.8, 4) is 17.0 Å². The lowest BCUT2D eigenvalue weighted by molar-refractivity contribution is -0.137. The summed E-state index contributed by atoms with van der Waals surface area (Å²) in [6.45, 7) is 7.18. The summed E-state index contributed by atoms with van der Waals surface area (Å²) in [6.07, 6.45) is 9.89. The van der Waals surface area contributed by atoms with Gasteiger partial charge in [-0.15, -0.1) is 0 Å². The first-order valence-electron chi connectivity index (χ1n) is 26.1. The molecule has 0 unspecified atom stereocenters. The zero-order chi connectivity index (χ0) is 55.6. The van der Waals surface area contributed by atoms with Gasteiger partial charge in [-0.1, -0.05) is 32.4 Å². The van der Waals surface area contributed by atoms with E-state index in [2.05, 4.69) is 46.4 Å². The van der Waals surface area contributed by atoms with Crippen LogP contribution in [0.2, 0.25) is 0 Å². The molecule has 414 valence electrons. The van der Waals surface area contributed by atoms with E-state index in [1.54, 1.807) is 79.7 Å². The van der Waals surface area contributed by atoms with Crippen molar-refractivity contribution in [3.63, 3.8) is 0 Å². The number of piperidine rings is 1. The van der Waals surface area contributed by atoms with Gasteiger partial charge in [-0.3, -0.25) is 38.7 Å². The minimum absolute atomic E-state index is 0.0231. The second kappa shape index (κ2) is 27.9. The van der Waals surface area contributed by atoms with Crippen LogP contribution in [0.1, 0.15) is 81.3 Å². The van der Waals surface area contributed by atoms with Crippen molar-refractivity contribution in [1.82, 2.24) is 40.7 Å². The fourth-order valence-corrected chi connectivity index (χ4v) is 8.91. The number of anilines is 4. The first-order valence-corrected chi connectivity index (χ1v) is 26.1. The molecule has 3 aliphatic rings. The first-order chi connectivity index (χ1) is 37.6. The summed E-state index contributed by atoms with van der Waals surface area (Å²) in [6, 6.07) is 12.9. The molecule has 2 fully saturated rings. The van der Waals surface area contributed by atoms with Gasteiger partial charge in [-0.05, 0) is 92.5 Å². The first kappa shape index (κ1) is 57.0. The van der Waals surface area contributed by atoms with Crippen LogP contribution in [0.15, 0.2) is 85.3 Å². The van der Waals surface area contributed by atoms with Crippen LogP contribution >= 0.6 is 0 Å². The zero-order valence-electron chi connectivity index (χ0n) is 43.7. The number of amides is 9. The van der Waals surface area contributed by atoms with Gasteiger partial charge < -0.3 is 62.1 Å². The number of nitrogens with two attached hydrogens (primary N) is 2. The molecule has 0 aliphatic carbocycles. The Morgan fingerprint density at radius 1 is 0.846 bits per heavy atom. The molecule has 5 heterocycles. The Morgan fingerprint density at radius 2 is 1.59 bits per heavy atom. The van der Waals surface area contributed by atoms with E-state index in [0.29, 0.717) is 112 Å². The molecular weight excluding hydrogens is 1010 g/mol. The van der Waals surface area contributed by atoms with Crippen molar-refractivity contribution in [2.45, 2.75) is 90.0 Å². The molecule has 24 heteroatoms. The van der Waals surface area contributed by atoms with Crippen LogP contribution < -0.4 is 47.7 Å². The molecule has 0 spiro atoms. The highest BCUT2D eigenvalue weighted by atomic mass is 16.6. The number of unbranched alkanes of at least 4 members (excludes halogenated alkanes) is 2. The monoisotopic (exact) mass is 1070 g/mol. The summed E-state index contributed by atoms with van der Waals surface area (Å²) >= 11 is 0. The van der Waals surface area contributed by atoms with Gasteiger partial charge in [-0.2, -0.15) is 0 Å². The molecule has 78 heavy (non-hydrogen) atoms. The van der Waals surface area contributed by atoms with Crippen molar-refractivity contribution < 1.29 is 52.6 Å². The second-order valence-corrected chi connectivity index (χ2v) is 19.3. The summed E-state index contributed by atoms with van der Waals surface area (Å²) in [4.78, 5) is 120. The highest BCUT2D eigenvalue weighted by Crippen LogP contribution is 2.28. The van der Waals surface area contributed by atoms with Gasteiger partial charge in [0.05, 0.1) is 49.2 Å². The Balaban J connectivity index is 0.862. The lowest BCUT2D eigenvalue weighted by Crippen LogP contribution is -2.54. The summed E-state index contributed by atoms with van der Waals surface area (Å²) in [5.74, 6) is -2.49. The largest absolute Gasteiger partial charge is 0.489 e. The van der Waals surface area contributed by atoms with Crippen LogP contribution in [0, 0.1) is 5.92 Å². The minimum Gasteiger partial charge on any atom is -0.489 e. The third-order valence-corrected chi connectivity index (χ3v) is 13.1. The molecule has 2 aromatic carbocycles. The number of aromatic nitrogens is 3. The van der Waals surface area contributed by atoms with Crippen molar-refractivity contribution in [2.24, 2.45) is 11.7 Å². The fraction of sp³-hybridized carbons (Fsp3) is 0.426. The molecule has 2 saturated heterocycles. The number of likely N-dealkylation sites (tertiary alicyclic amines) is 1. The van der Waals surface area contributed by atoms with Gasteiger partial charge in [0.2, 0.25) is 17.7 Å². The number of nitrogens with zero attached hydrogens (tertiary/aromatic N) is 6. The van der Waals surface area contributed by atoms with Crippen LogP contribution in [0.3, 0.4) is 0 Å². The lowest BCUT2D eigenvalue weighted by Gasteiger charge is -2.32. The van der Waals surface area contributed by atoms with Crippen molar-refractivity contribution in [3.05, 3.63) is 96.6 Å². The summed E-state index contributed by atoms with van der Waals surface area (Å²) < 4.78 is 17.4. The number of ether oxygens (including phenoxy) is 3. The number of urea groups is 1. The molecule has 0 saturated carbocycles.